The van der Waals surface area contributed by atoms with Crippen molar-refractivity contribution in [2.75, 3.05) is 11.4 Å². The molecule has 2 rings (SSSR count). The van der Waals surface area contributed by atoms with Gasteiger partial charge >= 0.3 is 0 Å². The number of carbonyl (C=O) groups is 1. The summed E-state index contributed by atoms with van der Waals surface area (Å²) in [6.45, 7) is 3.79. The van der Waals surface area contributed by atoms with Gasteiger partial charge < -0.3 is 10.0 Å². The first kappa shape index (κ1) is 11.8. The van der Waals surface area contributed by atoms with Gasteiger partial charge in [0, 0.05) is 24.4 Å². The van der Waals surface area contributed by atoms with Crippen LogP contribution in [0.2, 0.25) is 0 Å². The molecule has 1 aliphatic rings. The number of benzene rings is 1. The van der Waals surface area contributed by atoms with Crippen molar-refractivity contribution in [3.8, 4) is 0 Å². The molecule has 1 aromatic carbocycles. The van der Waals surface area contributed by atoms with E-state index >= 15 is 0 Å². The first-order valence-electron chi connectivity index (χ1n) is 5.48. The number of aliphatic hydroxyl groups is 1. The van der Waals surface area contributed by atoms with Crippen LogP contribution in [0.3, 0.4) is 0 Å². The molecule has 1 heterocycles. The van der Waals surface area contributed by atoms with Crippen LogP contribution in [-0.4, -0.2) is 17.6 Å². The van der Waals surface area contributed by atoms with E-state index < -0.39 is 5.82 Å². The van der Waals surface area contributed by atoms with Crippen molar-refractivity contribution in [2.24, 2.45) is 5.92 Å². The van der Waals surface area contributed by atoms with Crippen molar-refractivity contribution in [1.29, 1.82) is 0 Å². The van der Waals surface area contributed by atoms with Crippen LogP contribution in [0, 0.1) is 11.7 Å². The summed E-state index contributed by atoms with van der Waals surface area (Å²) >= 11 is 0. The number of para-hydroxylation sites is 1. The minimum atomic E-state index is -0.477. The minimum absolute atomic E-state index is 0.0497. The number of hydrogen-bond acceptors (Lipinski definition) is 2. The summed E-state index contributed by atoms with van der Waals surface area (Å²) in [6, 6.07) is 4.44. The highest BCUT2D eigenvalue weighted by molar-refractivity contribution is 5.96. The molecule has 17 heavy (non-hydrogen) atoms. The van der Waals surface area contributed by atoms with Crippen LogP contribution < -0.4 is 4.90 Å². The fraction of sp³-hybridized carbons (Fsp3) is 0.308. The Balaban J connectivity index is 2.40. The maximum Gasteiger partial charge on any atom is 0.227 e. The molecule has 1 aromatic rings. The van der Waals surface area contributed by atoms with Gasteiger partial charge in [0.1, 0.15) is 5.82 Å². The monoisotopic (exact) mass is 235 g/mol. The predicted octanol–water partition coefficient (Wildman–Crippen LogP) is 1.86. The summed E-state index contributed by atoms with van der Waals surface area (Å²) in [6.07, 6.45) is 2.06. The number of halogens is 1. The van der Waals surface area contributed by atoms with E-state index in [1.807, 2.05) is 0 Å². The first-order chi connectivity index (χ1) is 8.17. The van der Waals surface area contributed by atoms with Gasteiger partial charge in [0.2, 0.25) is 5.91 Å². The SMILES string of the molecule is C=CC1CC(=O)N(c2c(F)cccc2CO)C1. The smallest absolute Gasteiger partial charge is 0.227 e. The molecular weight excluding hydrogens is 221 g/mol. The predicted molar refractivity (Wildman–Crippen MR) is 63.0 cm³/mol. The van der Waals surface area contributed by atoms with Crippen LogP contribution in [0.5, 0.6) is 0 Å². The molecule has 0 radical (unpaired) electrons. The van der Waals surface area contributed by atoms with Gasteiger partial charge in [0.05, 0.1) is 12.3 Å². The second kappa shape index (κ2) is 4.67. The lowest BCUT2D eigenvalue weighted by Gasteiger charge is -2.20. The molecule has 1 amide bonds. The highest BCUT2D eigenvalue weighted by Crippen LogP contribution is 2.30. The molecular formula is C13H14FNO2. The molecule has 1 aliphatic heterocycles. The third kappa shape index (κ3) is 2.08. The van der Waals surface area contributed by atoms with Gasteiger partial charge in [0.15, 0.2) is 0 Å². The summed E-state index contributed by atoms with van der Waals surface area (Å²) in [5.41, 5.74) is 0.632. The van der Waals surface area contributed by atoms with Gasteiger partial charge in [-0.15, -0.1) is 6.58 Å². The Bertz CT molecular complexity index is 459. The number of carbonyl (C=O) groups excluding carboxylic acids is 1. The first-order valence-corrected chi connectivity index (χ1v) is 5.48. The Morgan fingerprint density at radius 1 is 1.59 bits per heavy atom. The third-order valence-corrected chi connectivity index (χ3v) is 3.00. The number of hydrogen-bond donors (Lipinski definition) is 1. The largest absolute Gasteiger partial charge is 0.392 e. The molecule has 1 atom stereocenters. The second-order valence-electron chi connectivity index (χ2n) is 4.11. The Hall–Kier alpha value is -1.68. The van der Waals surface area contributed by atoms with Crippen LogP contribution in [0.15, 0.2) is 30.9 Å². The summed E-state index contributed by atoms with van der Waals surface area (Å²) in [5.74, 6) is -0.557. The van der Waals surface area contributed by atoms with Gasteiger partial charge in [-0.25, -0.2) is 4.39 Å². The average Bonchev–Trinajstić information content (AvgIpc) is 2.70. The Morgan fingerprint density at radius 2 is 2.35 bits per heavy atom. The lowest BCUT2D eigenvalue weighted by molar-refractivity contribution is -0.117. The van der Waals surface area contributed by atoms with E-state index in [-0.39, 0.29) is 24.1 Å². The van der Waals surface area contributed by atoms with Crippen molar-refractivity contribution in [3.63, 3.8) is 0 Å². The fourth-order valence-corrected chi connectivity index (χ4v) is 2.10. The standard InChI is InChI=1S/C13H14FNO2/c1-2-9-6-12(17)15(7-9)13-10(8-16)4-3-5-11(13)14/h2-5,9,16H,1,6-8H2. The fourth-order valence-electron chi connectivity index (χ4n) is 2.10. The van der Waals surface area contributed by atoms with Crippen LogP contribution in [0.4, 0.5) is 10.1 Å². The zero-order valence-corrected chi connectivity index (χ0v) is 9.40. The Morgan fingerprint density at radius 3 is 2.94 bits per heavy atom. The highest BCUT2D eigenvalue weighted by Gasteiger charge is 2.31. The van der Waals surface area contributed by atoms with E-state index in [1.54, 1.807) is 12.1 Å². The van der Waals surface area contributed by atoms with Gasteiger partial charge in [-0.3, -0.25) is 4.79 Å². The van der Waals surface area contributed by atoms with Crippen LogP contribution in [0.1, 0.15) is 12.0 Å². The van der Waals surface area contributed by atoms with Crippen molar-refractivity contribution < 1.29 is 14.3 Å². The molecule has 0 spiro atoms. The molecule has 0 bridgehead atoms. The molecule has 3 nitrogen and oxygen atoms in total. The van der Waals surface area contributed by atoms with Crippen molar-refractivity contribution in [1.82, 2.24) is 0 Å². The minimum Gasteiger partial charge on any atom is -0.392 e. The van der Waals surface area contributed by atoms with Gasteiger partial charge in [-0.05, 0) is 6.07 Å². The van der Waals surface area contributed by atoms with Crippen LogP contribution >= 0.6 is 0 Å². The summed E-state index contributed by atoms with van der Waals surface area (Å²) in [5, 5.41) is 9.19. The second-order valence-corrected chi connectivity index (χ2v) is 4.11. The van der Waals surface area contributed by atoms with Gasteiger partial charge in [-0.2, -0.15) is 0 Å². The molecule has 4 heteroatoms. The third-order valence-electron chi connectivity index (χ3n) is 3.00. The molecule has 1 N–H and O–H groups in total. The number of amides is 1. The maximum atomic E-state index is 13.8. The number of aliphatic hydroxyl groups excluding tert-OH is 1. The Kier molecular flexibility index (Phi) is 3.24. The summed E-state index contributed by atoms with van der Waals surface area (Å²) < 4.78 is 13.8. The lowest BCUT2D eigenvalue weighted by Crippen LogP contribution is -2.26. The molecule has 0 saturated carbocycles. The average molecular weight is 235 g/mol. The van der Waals surface area contributed by atoms with E-state index in [2.05, 4.69) is 6.58 Å². The van der Waals surface area contributed by atoms with Crippen molar-refractivity contribution >= 4 is 11.6 Å². The molecule has 0 aromatic heterocycles. The summed E-state index contributed by atoms with van der Waals surface area (Å²) in [7, 11) is 0. The zero-order chi connectivity index (χ0) is 12.4. The topological polar surface area (TPSA) is 40.5 Å². The maximum absolute atomic E-state index is 13.8. The van der Waals surface area contributed by atoms with Crippen LogP contribution in [0.25, 0.3) is 0 Å². The molecule has 1 fully saturated rings. The zero-order valence-electron chi connectivity index (χ0n) is 9.40. The molecule has 1 saturated heterocycles. The van der Waals surface area contributed by atoms with Crippen molar-refractivity contribution in [2.45, 2.75) is 13.0 Å². The highest BCUT2D eigenvalue weighted by atomic mass is 19.1. The van der Waals surface area contributed by atoms with Crippen molar-refractivity contribution in [3.05, 3.63) is 42.2 Å². The molecule has 1 unspecified atom stereocenters. The van der Waals surface area contributed by atoms with E-state index in [0.29, 0.717) is 18.5 Å². The van der Waals surface area contributed by atoms with Crippen LogP contribution in [-0.2, 0) is 11.4 Å². The number of rotatable bonds is 3. The van der Waals surface area contributed by atoms with E-state index in [0.717, 1.165) is 0 Å². The van der Waals surface area contributed by atoms with E-state index in [9.17, 15) is 14.3 Å². The molecule has 0 aliphatic carbocycles. The van der Waals surface area contributed by atoms with E-state index in [1.165, 1.54) is 17.0 Å². The summed E-state index contributed by atoms with van der Waals surface area (Å²) in [4.78, 5) is 13.2. The number of anilines is 1. The molecule has 90 valence electrons. The number of nitrogens with zero attached hydrogens (tertiary/aromatic N) is 1. The Labute approximate surface area is 99.2 Å². The lowest BCUT2D eigenvalue weighted by atomic mass is 10.1. The normalized spacial score (nSPS) is 19.8. The van der Waals surface area contributed by atoms with Gasteiger partial charge in [-0.1, -0.05) is 18.2 Å². The quantitative estimate of drug-likeness (QED) is 0.812. The van der Waals surface area contributed by atoms with Gasteiger partial charge in [0.25, 0.3) is 0 Å². The van der Waals surface area contributed by atoms with E-state index in [4.69, 9.17) is 0 Å².